The molecular weight excluding hydrogens is 218 g/mol. The van der Waals surface area contributed by atoms with E-state index in [2.05, 4.69) is 0 Å². The van der Waals surface area contributed by atoms with E-state index in [-0.39, 0.29) is 97.4 Å². The summed E-state index contributed by atoms with van der Waals surface area (Å²) in [6.07, 6.45) is 0. The molecular formula is CO2RbY-. The Hall–Kier alpha value is 2.38. The summed E-state index contributed by atoms with van der Waals surface area (Å²) >= 11 is 0. The Morgan fingerprint density at radius 3 is 1.60 bits per heavy atom. The second kappa shape index (κ2) is 16.2. The zero-order valence-corrected chi connectivity index (χ0v) is 10.6. The maximum absolute atomic E-state index is 8.12. The van der Waals surface area contributed by atoms with Crippen molar-refractivity contribution in [3.05, 3.63) is 0 Å². The predicted octanol–water partition coefficient (Wildman–Crippen LogP) is -4.72. The quantitative estimate of drug-likeness (QED) is 0.383. The van der Waals surface area contributed by atoms with Crippen LogP contribution in [0.15, 0.2) is 0 Å². The van der Waals surface area contributed by atoms with E-state index in [0.717, 1.165) is 0 Å². The first-order valence-corrected chi connectivity index (χ1v) is 0.408. The van der Waals surface area contributed by atoms with Gasteiger partial charge >= 0.3 is 58.2 Å². The van der Waals surface area contributed by atoms with Crippen LogP contribution in [0.2, 0.25) is 0 Å². The molecule has 2 nitrogen and oxygen atoms in total. The maximum Gasteiger partial charge on any atom is 1.00 e. The van der Waals surface area contributed by atoms with Gasteiger partial charge in [-0.15, -0.1) is 0 Å². The van der Waals surface area contributed by atoms with Crippen molar-refractivity contribution in [1.82, 2.24) is 0 Å². The Bertz CT molecular complexity index is 17.1. The summed E-state index contributed by atoms with van der Waals surface area (Å²) in [7, 11) is 0. The van der Waals surface area contributed by atoms with Crippen LogP contribution >= 0.6 is 0 Å². The van der Waals surface area contributed by atoms with Gasteiger partial charge < -0.3 is 16.4 Å². The van der Waals surface area contributed by atoms with Crippen molar-refractivity contribution in [2.75, 3.05) is 0 Å². The molecule has 0 unspecified atom stereocenters. The summed E-state index contributed by atoms with van der Waals surface area (Å²) in [5, 5.41) is 8.12. The molecule has 0 aliphatic carbocycles. The summed E-state index contributed by atoms with van der Waals surface area (Å²) < 4.78 is 0. The molecule has 0 fully saturated rings. The minimum absolute atomic E-state index is 0. The summed E-state index contributed by atoms with van der Waals surface area (Å²) in [6, 6.07) is 0. The van der Waals surface area contributed by atoms with E-state index in [1.54, 1.807) is 0 Å². The van der Waals surface area contributed by atoms with Crippen molar-refractivity contribution in [3.63, 3.8) is 0 Å². The minimum atomic E-state index is 0. The third kappa shape index (κ3) is 21.6. The fourth-order valence-corrected chi connectivity index (χ4v) is 0. The van der Waals surface area contributed by atoms with Gasteiger partial charge in [-0.2, -0.15) is 0 Å². The SMILES string of the molecule is O=[C-][O-].[Rb+].[Y]. The largest absolute Gasteiger partial charge is 1.00 e. The molecule has 1 radical (unpaired) electrons. The molecule has 0 aliphatic rings. The van der Waals surface area contributed by atoms with Crippen molar-refractivity contribution in [1.29, 1.82) is 0 Å². The molecule has 0 saturated heterocycles. The third-order valence-electron chi connectivity index (χ3n) is 0. The Balaban J connectivity index is -0.0000000200. The van der Waals surface area contributed by atoms with Crippen LogP contribution in [0, 0.1) is 0 Å². The fraction of sp³-hybridized carbons (Fsp3) is 0. The van der Waals surface area contributed by atoms with E-state index >= 15 is 0 Å². The van der Waals surface area contributed by atoms with Crippen LogP contribution < -0.4 is 63.3 Å². The van der Waals surface area contributed by atoms with Crippen molar-refractivity contribution in [3.8, 4) is 0 Å². The topological polar surface area (TPSA) is 40.1 Å². The second-order valence-electron chi connectivity index (χ2n) is 0.0833. The van der Waals surface area contributed by atoms with E-state index in [1.807, 2.05) is 0 Å². The standard InChI is InChI=1S/CO2.Rb.Y/c2-1-3;;/q-2;+1;. The molecule has 5 heavy (non-hydrogen) atoms. The smallest absolute Gasteiger partial charge is 0.794 e. The molecule has 0 aliphatic heterocycles. The van der Waals surface area contributed by atoms with Crippen molar-refractivity contribution < 1.29 is 101 Å². The zero-order chi connectivity index (χ0) is 2.71. The van der Waals surface area contributed by atoms with Crippen LogP contribution in [-0.4, -0.2) is 6.47 Å². The first kappa shape index (κ1) is 15.7. The Morgan fingerprint density at radius 1 is 1.60 bits per heavy atom. The fourth-order valence-electron chi connectivity index (χ4n) is 0. The zero-order valence-electron chi connectivity index (χ0n) is 2.89. The molecule has 0 N–H and O–H groups in total. The molecule has 0 rings (SSSR count). The Kier molecular flexibility index (Phi) is 50.6. The van der Waals surface area contributed by atoms with Gasteiger partial charge in [0.05, 0.1) is 0 Å². The number of hydrogen-bond donors (Lipinski definition) is 0. The molecule has 4 heteroatoms. The minimum Gasteiger partial charge on any atom is -0.794 e. The van der Waals surface area contributed by atoms with Crippen molar-refractivity contribution >= 4 is 6.47 Å². The normalized spacial score (nSPS) is 2.40. The summed E-state index contributed by atoms with van der Waals surface area (Å²) in [4.78, 5) is 8.12. The number of hydrogen-bond acceptors (Lipinski definition) is 2. The monoisotopic (exact) mass is 218 g/mol. The molecule has 0 heterocycles. The summed E-state index contributed by atoms with van der Waals surface area (Å²) in [5.74, 6) is 0. The average molecular weight is 218 g/mol. The van der Waals surface area contributed by atoms with Gasteiger partial charge in [0.2, 0.25) is 0 Å². The van der Waals surface area contributed by atoms with Crippen LogP contribution in [0.3, 0.4) is 0 Å². The van der Waals surface area contributed by atoms with Gasteiger partial charge in [-0.3, -0.25) is 0 Å². The average Bonchev–Trinajstić information content (AvgIpc) is 0.918. The van der Waals surface area contributed by atoms with E-state index in [0.29, 0.717) is 0 Å². The first-order chi connectivity index (χ1) is 1.41. The molecule has 0 saturated carbocycles. The van der Waals surface area contributed by atoms with Gasteiger partial charge in [-0.25, -0.2) is 0 Å². The van der Waals surface area contributed by atoms with Crippen LogP contribution in [-0.2, 0) is 37.5 Å². The van der Waals surface area contributed by atoms with Crippen molar-refractivity contribution in [2.45, 2.75) is 0 Å². The Morgan fingerprint density at radius 2 is 1.60 bits per heavy atom. The summed E-state index contributed by atoms with van der Waals surface area (Å²) in [5.41, 5.74) is 0. The molecule has 0 aromatic heterocycles. The van der Waals surface area contributed by atoms with E-state index < -0.39 is 0 Å². The van der Waals surface area contributed by atoms with Gasteiger partial charge in [0, 0.05) is 32.7 Å². The van der Waals surface area contributed by atoms with Crippen molar-refractivity contribution in [2.24, 2.45) is 0 Å². The molecule has 0 bridgehead atoms. The molecule has 0 atom stereocenters. The van der Waals surface area contributed by atoms with Gasteiger partial charge in [0.15, 0.2) is 0 Å². The molecule has 0 aromatic carbocycles. The maximum atomic E-state index is 8.12. The number of rotatable bonds is 0. The molecule has 0 spiro atoms. The predicted molar refractivity (Wildman–Crippen MR) is 5.69 cm³/mol. The van der Waals surface area contributed by atoms with E-state index in [4.69, 9.17) is 9.90 Å². The second-order valence-corrected chi connectivity index (χ2v) is 0.0833. The van der Waals surface area contributed by atoms with E-state index in [1.165, 1.54) is 0 Å². The van der Waals surface area contributed by atoms with Crippen LogP contribution in [0.25, 0.3) is 0 Å². The Labute approximate surface area is 104 Å². The van der Waals surface area contributed by atoms with Gasteiger partial charge in [-0.05, 0) is 0 Å². The molecule has 21 valence electrons. The van der Waals surface area contributed by atoms with Gasteiger partial charge in [-0.1, -0.05) is 0 Å². The first-order valence-electron chi connectivity index (χ1n) is 0.408. The molecule has 0 aromatic rings. The molecule has 0 amide bonds. The van der Waals surface area contributed by atoms with Crippen LogP contribution in [0.1, 0.15) is 0 Å². The van der Waals surface area contributed by atoms with Gasteiger partial charge in [0.1, 0.15) is 0 Å². The summed E-state index contributed by atoms with van der Waals surface area (Å²) in [6.45, 7) is 0.250. The third-order valence-corrected chi connectivity index (χ3v) is 0. The van der Waals surface area contributed by atoms with E-state index in [9.17, 15) is 0 Å². The van der Waals surface area contributed by atoms with Gasteiger partial charge in [0.25, 0.3) is 0 Å². The van der Waals surface area contributed by atoms with Crippen LogP contribution in [0.4, 0.5) is 0 Å². The van der Waals surface area contributed by atoms with Crippen LogP contribution in [0.5, 0.6) is 0 Å². The number of carbonyl (C=O) groups excluding carboxylic acids is 1.